The van der Waals surface area contributed by atoms with Crippen LogP contribution >= 0.6 is 0 Å². The van der Waals surface area contributed by atoms with Crippen LogP contribution in [0.3, 0.4) is 0 Å². The number of pyridine rings is 1. The number of hydrogen-bond acceptors (Lipinski definition) is 11. The number of carbonyl (C=O) groups excluding carboxylic acids is 4. The number of rotatable bonds is 20. The number of nitrogens with zero attached hydrogens (tertiary/aromatic N) is 4. The van der Waals surface area contributed by atoms with E-state index >= 15 is 0 Å². The molecular weight excluding hydrogens is 707 g/mol. The third-order valence-electron chi connectivity index (χ3n) is 8.02. The third kappa shape index (κ3) is 16.5. The highest BCUT2D eigenvalue weighted by atomic mass is 19.4. The van der Waals surface area contributed by atoms with E-state index in [0.717, 1.165) is 28.6 Å². The minimum Gasteiger partial charge on any atom is -0.346 e. The molecule has 12 N–H and O–H groups in total. The van der Waals surface area contributed by atoms with Gasteiger partial charge in [0.25, 0.3) is 0 Å². The van der Waals surface area contributed by atoms with Crippen LogP contribution in [-0.4, -0.2) is 128 Å². The lowest BCUT2D eigenvalue weighted by Crippen LogP contribution is -2.49. The molecule has 1 aromatic heterocycles. The number of fused-ring (bicyclic) bond motifs is 1. The average Bonchev–Trinajstić information content (AvgIpc) is 3.13. The van der Waals surface area contributed by atoms with Crippen molar-refractivity contribution in [1.82, 2.24) is 25.0 Å². The lowest BCUT2D eigenvalue weighted by Gasteiger charge is -2.29. The summed E-state index contributed by atoms with van der Waals surface area (Å²) in [5.41, 5.74) is 30.2. The van der Waals surface area contributed by atoms with Gasteiger partial charge in [-0.2, -0.15) is 13.2 Å². The number of aryl methyl sites for hydroxylation is 1. The number of nitrogens with two attached hydrogens (primary N) is 5. The molecule has 0 aliphatic carbocycles. The molecule has 298 valence electrons. The Kier molecular flexibility index (Phi) is 20.1. The highest BCUT2D eigenvalue weighted by molar-refractivity contribution is 5.96. The number of aromatic nitrogens is 1. The van der Waals surface area contributed by atoms with Gasteiger partial charge in [0.2, 0.25) is 23.6 Å². The summed E-state index contributed by atoms with van der Waals surface area (Å²) in [7, 11) is 0. The number of hydrogen-bond donors (Lipinski definition) is 7. The van der Waals surface area contributed by atoms with Crippen LogP contribution in [-0.2, 0) is 25.4 Å². The number of alkyl halides is 3. The Morgan fingerprint density at radius 2 is 1.33 bits per heavy atom. The Balaban J connectivity index is 0.000000780. The molecule has 0 spiro atoms. The van der Waals surface area contributed by atoms with Gasteiger partial charge < -0.3 is 49.1 Å². The number of halogens is 3. The van der Waals surface area contributed by atoms with Crippen LogP contribution in [0.1, 0.15) is 24.0 Å². The molecule has 0 aliphatic rings. The maximum atomic E-state index is 13.0. The minimum absolute atomic E-state index is 0.0317. The van der Waals surface area contributed by atoms with E-state index in [1.807, 2.05) is 24.3 Å². The normalized spacial score (nSPS) is 11.7. The summed E-state index contributed by atoms with van der Waals surface area (Å²) >= 11 is 0. The van der Waals surface area contributed by atoms with Crippen LogP contribution in [0.15, 0.2) is 60.8 Å². The van der Waals surface area contributed by atoms with E-state index in [1.54, 1.807) is 33.9 Å². The van der Waals surface area contributed by atoms with E-state index in [2.05, 4.69) is 15.6 Å². The Hall–Kier alpha value is -4.72. The van der Waals surface area contributed by atoms with Gasteiger partial charge in [-0.25, -0.2) is 0 Å². The molecule has 2 aromatic carbocycles. The first-order valence-electron chi connectivity index (χ1n) is 17.6. The summed E-state index contributed by atoms with van der Waals surface area (Å²) in [6, 6.07) is 13.5. The third-order valence-corrected chi connectivity index (χ3v) is 8.02. The van der Waals surface area contributed by atoms with E-state index in [4.69, 9.17) is 28.7 Å². The quantitative estimate of drug-likeness (QED) is 0.0820. The summed E-state index contributed by atoms with van der Waals surface area (Å²) in [6.45, 7) is 4.28. The number of para-hydroxylation sites is 1. The fraction of sp³-hybridized carbons (Fsp3) is 0.472. The first-order chi connectivity index (χ1) is 25.7. The zero-order valence-corrected chi connectivity index (χ0v) is 30.7. The van der Waals surface area contributed by atoms with E-state index in [-0.39, 0.29) is 64.0 Å². The molecule has 1 atom stereocenters. The molecule has 0 saturated carbocycles. The van der Waals surface area contributed by atoms with Gasteiger partial charge in [0, 0.05) is 57.7 Å². The van der Waals surface area contributed by atoms with Gasteiger partial charge in [-0.3, -0.25) is 29.1 Å². The molecule has 0 saturated heterocycles. The molecule has 0 radical (unpaired) electrons. The largest absolute Gasteiger partial charge is 0.416 e. The van der Waals surface area contributed by atoms with Crippen LogP contribution in [0.5, 0.6) is 0 Å². The number of nitrogens with one attached hydrogen (secondary N) is 2. The lowest BCUT2D eigenvalue weighted by molar-refractivity contribution is -0.138. The first-order valence-corrected chi connectivity index (χ1v) is 17.6. The van der Waals surface area contributed by atoms with Crippen LogP contribution in [0.2, 0.25) is 0 Å². The molecule has 0 fully saturated rings. The van der Waals surface area contributed by atoms with Crippen molar-refractivity contribution in [3.05, 3.63) is 71.9 Å². The SMILES string of the molecule is Cc1ccc(C(F)(F)F)cc1.NCCN(CCN)C(=O)CN(CCCC(N)C(=O)NCC(=O)Nc1cnc2ccccc2c1)CC(=O)N(CCN)CCN. The van der Waals surface area contributed by atoms with E-state index < -0.39 is 29.6 Å². The molecule has 3 aromatic rings. The first kappa shape index (κ1) is 45.4. The van der Waals surface area contributed by atoms with Gasteiger partial charge in [0.15, 0.2) is 0 Å². The van der Waals surface area contributed by atoms with Crippen molar-refractivity contribution >= 4 is 40.2 Å². The number of anilines is 1. The van der Waals surface area contributed by atoms with Gasteiger partial charge in [-0.05, 0) is 50.6 Å². The molecule has 4 amide bonds. The summed E-state index contributed by atoms with van der Waals surface area (Å²) in [6.07, 6.45) is -1.98. The summed E-state index contributed by atoms with van der Waals surface area (Å²) < 4.78 is 35.8. The number of benzene rings is 2. The van der Waals surface area contributed by atoms with Gasteiger partial charge in [-0.1, -0.05) is 35.9 Å². The van der Waals surface area contributed by atoms with E-state index in [0.29, 0.717) is 44.8 Å². The maximum Gasteiger partial charge on any atom is 0.416 e. The smallest absolute Gasteiger partial charge is 0.346 e. The van der Waals surface area contributed by atoms with Gasteiger partial charge >= 0.3 is 6.18 Å². The summed E-state index contributed by atoms with van der Waals surface area (Å²) in [5, 5.41) is 6.14. The van der Waals surface area contributed by atoms with Crippen molar-refractivity contribution < 1.29 is 32.3 Å². The molecule has 1 heterocycles. The predicted molar refractivity (Wildman–Crippen MR) is 203 cm³/mol. The second-order valence-corrected chi connectivity index (χ2v) is 12.4. The Morgan fingerprint density at radius 3 is 1.85 bits per heavy atom. The second kappa shape index (κ2) is 23.8. The van der Waals surface area contributed by atoms with Crippen LogP contribution in [0.25, 0.3) is 10.9 Å². The fourth-order valence-electron chi connectivity index (χ4n) is 5.19. The van der Waals surface area contributed by atoms with Crippen molar-refractivity contribution in [2.75, 3.05) is 83.9 Å². The van der Waals surface area contributed by atoms with Crippen molar-refractivity contribution in [3.8, 4) is 0 Å². The van der Waals surface area contributed by atoms with E-state index in [9.17, 15) is 32.3 Å². The fourth-order valence-corrected chi connectivity index (χ4v) is 5.19. The topological polar surface area (TPSA) is 245 Å². The van der Waals surface area contributed by atoms with Crippen molar-refractivity contribution in [1.29, 1.82) is 0 Å². The maximum absolute atomic E-state index is 13.0. The Morgan fingerprint density at radius 1 is 0.796 bits per heavy atom. The Labute approximate surface area is 313 Å². The second-order valence-electron chi connectivity index (χ2n) is 12.4. The van der Waals surface area contributed by atoms with Gasteiger partial charge in [0.05, 0.1) is 48.6 Å². The lowest BCUT2D eigenvalue weighted by atomic mass is 10.1. The van der Waals surface area contributed by atoms with Crippen molar-refractivity contribution in [2.45, 2.75) is 32.0 Å². The zero-order valence-electron chi connectivity index (χ0n) is 30.7. The molecular formula is C36H54F3N11O4. The summed E-state index contributed by atoms with van der Waals surface area (Å²) in [5.74, 6) is -1.32. The monoisotopic (exact) mass is 761 g/mol. The van der Waals surface area contributed by atoms with Crippen molar-refractivity contribution in [2.24, 2.45) is 28.7 Å². The molecule has 3 rings (SSSR count). The van der Waals surface area contributed by atoms with Crippen LogP contribution in [0, 0.1) is 6.92 Å². The van der Waals surface area contributed by atoms with E-state index in [1.165, 1.54) is 12.1 Å². The Bertz CT molecular complexity index is 1570. The predicted octanol–water partition coefficient (Wildman–Crippen LogP) is 0.205. The molecule has 15 nitrogen and oxygen atoms in total. The van der Waals surface area contributed by atoms with Gasteiger partial charge in [-0.15, -0.1) is 0 Å². The molecule has 18 heteroatoms. The number of amides is 4. The molecule has 54 heavy (non-hydrogen) atoms. The summed E-state index contributed by atoms with van der Waals surface area (Å²) in [4.78, 5) is 60.0. The minimum atomic E-state index is -4.21. The number of carbonyl (C=O) groups is 4. The van der Waals surface area contributed by atoms with Gasteiger partial charge in [0.1, 0.15) is 0 Å². The molecule has 0 bridgehead atoms. The van der Waals surface area contributed by atoms with Crippen molar-refractivity contribution in [3.63, 3.8) is 0 Å². The highest BCUT2D eigenvalue weighted by Crippen LogP contribution is 2.28. The highest BCUT2D eigenvalue weighted by Gasteiger charge is 2.29. The van der Waals surface area contributed by atoms with Crippen LogP contribution in [0.4, 0.5) is 18.9 Å². The molecule has 1 unspecified atom stereocenters. The molecule has 0 aliphatic heterocycles. The average molecular weight is 762 g/mol. The zero-order chi connectivity index (χ0) is 40.1. The standard InChI is InChI=1S/C28H47N11O4.C8H7F3/c29-7-12-38(13-8-30)26(41)19-37(20-27(42)39(14-9-31)15-10-32)11-3-5-23(33)28(43)35-18-25(40)36-22-16-21-4-1-2-6-24(21)34-17-22;1-6-2-4-7(5-3-6)8(9,10)11/h1-2,4,6,16-17,23H,3,5,7-15,18-20,29-33H2,(H,35,43)(H,36,40);2-5H,1H3. The van der Waals surface area contributed by atoms with Crippen LogP contribution < -0.4 is 39.3 Å².